The number of aryl methyl sites for hydroxylation is 1. The van der Waals surface area contributed by atoms with Gasteiger partial charge in [-0.1, -0.05) is 6.92 Å². The smallest absolute Gasteiger partial charge is 0.185 e. The van der Waals surface area contributed by atoms with Crippen LogP contribution in [0.3, 0.4) is 0 Å². The largest absolute Gasteiger partial charge is 0.384 e. The first-order valence-electron chi connectivity index (χ1n) is 6.65. The molecule has 1 atom stereocenters. The summed E-state index contributed by atoms with van der Waals surface area (Å²) in [6, 6.07) is 0. The van der Waals surface area contributed by atoms with E-state index in [2.05, 4.69) is 24.1 Å². The Morgan fingerprint density at radius 1 is 1.56 bits per heavy atom. The monoisotopic (exact) mass is 269 g/mol. The van der Waals surface area contributed by atoms with Crippen LogP contribution in [-0.4, -0.2) is 38.3 Å². The lowest BCUT2D eigenvalue weighted by molar-refractivity contribution is 0.161. The second-order valence-electron chi connectivity index (χ2n) is 4.84. The molecule has 18 heavy (non-hydrogen) atoms. The van der Waals surface area contributed by atoms with Crippen LogP contribution in [0.4, 0.5) is 5.13 Å². The molecule has 2 rings (SSSR count). The van der Waals surface area contributed by atoms with Crippen molar-refractivity contribution in [1.29, 1.82) is 0 Å². The number of aromatic nitrogens is 1. The first kappa shape index (κ1) is 13.8. The molecule has 0 saturated carbocycles. The van der Waals surface area contributed by atoms with E-state index in [-0.39, 0.29) is 0 Å². The van der Waals surface area contributed by atoms with E-state index in [9.17, 15) is 0 Å². The number of nitrogens with zero attached hydrogens (tertiary/aromatic N) is 2. The lowest BCUT2D eigenvalue weighted by Gasteiger charge is -2.14. The van der Waals surface area contributed by atoms with Gasteiger partial charge in [-0.2, -0.15) is 0 Å². The van der Waals surface area contributed by atoms with Crippen molar-refractivity contribution in [3.05, 3.63) is 10.6 Å². The van der Waals surface area contributed by atoms with E-state index in [0.717, 1.165) is 32.8 Å². The van der Waals surface area contributed by atoms with Crippen LogP contribution in [0.2, 0.25) is 0 Å². The van der Waals surface area contributed by atoms with Crippen LogP contribution in [0, 0.1) is 12.8 Å². The zero-order valence-corrected chi connectivity index (χ0v) is 12.3. The molecule has 4 nitrogen and oxygen atoms in total. The van der Waals surface area contributed by atoms with Crippen LogP contribution >= 0.6 is 11.3 Å². The fraction of sp³-hybridized carbons (Fsp3) is 0.769. The van der Waals surface area contributed by atoms with Crippen LogP contribution in [0.1, 0.15) is 23.9 Å². The Hall–Kier alpha value is -0.650. The Bertz CT molecular complexity index is 380. The maximum absolute atomic E-state index is 5.24. The lowest BCUT2D eigenvalue weighted by Crippen LogP contribution is -2.20. The van der Waals surface area contributed by atoms with Crippen LogP contribution in [0.25, 0.3) is 0 Å². The van der Waals surface area contributed by atoms with Crippen LogP contribution in [0.5, 0.6) is 0 Å². The van der Waals surface area contributed by atoms with E-state index in [1.54, 1.807) is 7.11 Å². The van der Waals surface area contributed by atoms with Gasteiger partial charge in [0.25, 0.3) is 0 Å². The molecule has 102 valence electrons. The zero-order chi connectivity index (χ0) is 13.0. The molecule has 5 heteroatoms. The summed E-state index contributed by atoms with van der Waals surface area (Å²) in [4.78, 5) is 8.47. The standard InChI is InChI=1S/C13H23N3OS/c1-4-14-7-12-10(2)15-13(18-12)16-6-5-11(8-16)9-17-3/h11,14H,4-9H2,1-3H3. The fourth-order valence-corrected chi connectivity index (χ4v) is 3.39. The maximum Gasteiger partial charge on any atom is 0.185 e. The molecule has 1 aliphatic rings. The van der Waals surface area contributed by atoms with E-state index in [1.807, 2.05) is 11.3 Å². The minimum absolute atomic E-state index is 0.663. The molecular formula is C13H23N3OS. The third-order valence-corrected chi connectivity index (χ3v) is 4.59. The number of methoxy groups -OCH3 is 1. The predicted molar refractivity (Wildman–Crippen MR) is 76.4 cm³/mol. The molecule has 1 aromatic rings. The van der Waals surface area contributed by atoms with Gasteiger partial charge in [0.1, 0.15) is 0 Å². The van der Waals surface area contributed by atoms with E-state index in [4.69, 9.17) is 9.72 Å². The van der Waals surface area contributed by atoms with E-state index in [1.165, 1.54) is 22.1 Å². The summed E-state index contributed by atoms with van der Waals surface area (Å²) in [6.45, 7) is 9.25. The number of ether oxygens (including phenoxy) is 1. The van der Waals surface area contributed by atoms with Gasteiger partial charge in [-0.15, -0.1) is 11.3 Å². The Balaban J connectivity index is 1.97. The van der Waals surface area contributed by atoms with Gasteiger partial charge < -0.3 is 15.0 Å². The fourth-order valence-electron chi connectivity index (χ4n) is 2.33. The molecule has 1 aliphatic heterocycles. The van der Waals surface area contributed by atoms with E-state index < -0.39 is 0 Å². The summed E-state index contributed by atoms with van der Waals surface area (Å²) in [6.07, 6.45) is 1.22. The highest BCUT2D eigenvalue weighted by molar-refractivity contribution is 7.15. The van der Waals surface area contributed by atoms with Crippen molar-refractivity contribution in [1.82, 2.24) is 10.3 Å². The molecule has 0 radical (unpaired) electrons. The number of nitrogens with one attached hydrogen (secondary N) is 1. The van der Waals surface area contributed by atoms with Crippen molar-refractivity contribution in [3.63, 3.8) is 0 Å². The molecule has 1 fully saturated rings. The van der Waals surface area contributed by atoms with Crippen LogP contribution < -0.4 is 10.2 Å². The molecule has 1 saturated heterocycles. The van der Waals surface area contributed by atoms with Gasteiger partial charge in [-0.25, -0.2) is 4.98 Å². The van der Waals surface area contributed by atoms with Crippen molar-refractivity contribution in [3.8, 4) is 0 Å². The third-order valence-electron chi connectivity index (χ3n) is 3.38. The Labute approximate surface area is 113 Å². The van der Waals surface area contributed by atoms with Gasteiger partial charge in [0.05, 0.1) is 12.3 Å². The maximum atomic E-state index is 5.24. The van der Waals surface area contributed by atoms with Crippen LogP contribution in [0.15, 0.2) is 0 Å². The second-order valence-corrected chi connectivity index (χ2v) is 5.90. The minimum atomic E-state index is 0.663. The van der Waals surface area contributed by atoms with Gasteiger partial charge in [0.2, 0.25) is 0 Å². The first-order chi connectivity index (χ1) is 8.74. The third kappa shape index (κ3) is 3.22. The quantitative estimate of drug-likeness (QED) is 0.857. The topological polar surface area (TPSA) is 37.4 Å². The van der Waals surface area contributed by atoms with E-state index >= 15 is 0 Å². The molecule has 1 aromatic heterocycles. The van der Waals surface area contributed by atoms with Crippen molar-refractivity contribution >= 4 is 16.5 Å². The molecule has 0 aliphatic carbocycles. The number of thiazole rings is 1. The average Bonchev–Trinajstić information content (AvgIpc) is 2.94. The SMILES string of the molecule is CCNCc1sc(N2CCC(COC)C2)nc1C. The second kappa shape index (κ2) is 6.50. The van der Waals surface area contributed by atoms with Crippen molar-refractivity contribution in [2.45, 2.75) is 26.8 Å². The van der Waals surface area contributed by atoms with Gasteiger partial charge in [0, 0.05) is 37.5 Å². The molecule has 2 heterocycles. The summed E-state index contributed by atoms with van der Waals surface area (Å²) in [5, 5.41) is 4.55. The molecule has 0 bridgehead atoms. The van der Waals surface area contributed by atoms with Crippen molar-refractivity contribution in [2.24, 2.45) is 5.92 Å². The highest BCUT2D eigenvalue weighted by Gasteiger charge is 2.25. The van der Waals surface area contributed by atoms with Gasteiger partial charge in [-0.05, 0) is 19.9 Å². The van der Waals surface area contributed by atoms with Gasteiger partial charge in [-0.3, -0.25) is 0 Å². The van der Waals surface area contributed by atoms with Crippen LogP contribution in [-0.2, 0) is 11.3 Å². The van der Waals surface area contributed by atoms with Gasteiger partial charge >= 0.3 is 0 Å². The average molecular weight is 269 g/mol. The summed E-state index contributed by atoms with van der Waals surface area (Å²) in [5.74, 6) is 0.663. The number of hydrogen-bond donors (Lipinski definition) is 1. The van der Waals surface area contributed by atoms with E-state index in [0.29, 0.717) is 5.92 Å². The minimum Gasteiger partial charge on any atom is -0.384 e. The predicted octanol–water partition coefficient (Wildman–Crippen LogP) is 2.03. The molecule has 0 aromatic carbocycles. The molecular weight excluding hydrogens is 246 g/mol. The number of rotatable bonds is 6. The Morgan fingerprint density at radius 2 is 2.39 bits per heavy atom. The molecule has 1 N–H and O–H groups in total. The number of anilines is 1. The Morgan fingerprint density at radius 3 is 3.11 bits per heavy atom. The Kier molecular flexibility index (Phi) is 4.97. The highest BCUT2D eigenvalue weighted by atomic mass is 32.1. The lowest BCUT2D eigenvalue weighted by atomic mass is 10.1. The first-order valence-corrected chi connectivity index (χ1v) is 7.47. The molecule has 0 spiro atoms. The zero-order valence-electron chi connectivity index (χ0n) is 11.5. The summed E-state index contributed by atoms with van der Waals surface area (Å²) < 4.78 is 5.24. The number of hydrogen-bond acceptors (Lipinski definition) is 5. The summed E-state index contributed by atoms with van der Waals surface area (Å²) in [7, 11) is 1.78. The summed E-state index contributed by atoms with van der Waals surface area (Å²) in [5.41, 5.74) is 1.17. The molecule has 0 amide bonds. The molecule has 1 unspecified atom stereocenters. The van der Waals surface area contributed by atoms with Crippen molar-refractivity contribution < 1.29 is 4.74 Å². The van der Waals surface area contributed by atoms with Gasteiger partial charge in [0.15, 0.2) is 5.13 Å². The summed E-state index contributed by atoms with van der Waals surface area (Å²) >= 11 is 1.83. The van der Waals surface area contributed by atoms with Crippen molar-refractivity contribution in [2.75, 3.05) is 38.3 Å². The highest BCUT2D eigenvalue weighted by Crippen LogP contribution is 2.30. The normalized spacial score (nSPS) is 19.7.